The van der Waals surface area contributed by atoms with Gasteiger partial charge in [-0.15, -0.1) is 20.2 Å². The minimum absolute atomic E-state index is 0.00214. The van der Waals surface area contributed by atoms with Crippen molar-refractivity contribution < 1.29 is 110 Å². The number of esters is 2. The molecule has 0 aromatic rings. The van der Waals surface area contributed by atoms with E-state index in [0.717, 1.165) is 83.7 Å². The van der Waals surface area contributed by atoms with Crippen molar-refractivity contribution in [2.45, 2.75) is 397 Å². The molecule has 742 valence electrons. The topological polar surface area (TPSA) is 343 Å². The van der Waals surface area contributed by atoms with E-state index < -0.39 is 28.5 Å². The lowest BCUT2D eigenvalue weighted by atomic mass is 9.93. The van der Waals surface area contributed by atoms with E-state index in [2.05, 4.69) is 92.8 Å². The van der Waals surface area contributed by atoms with Crippen molar-refractivity contribution in [3.05, 3.63) is 20.2 Å². The molecule has 8 saturated carbocycles. The zero-order valence-corrected chi connectivity index (χ0v) is 85.4. The van der Waals surface area contributed by atoms with Crippen LogP contribution in [0.5, 0.6) is 0 Å². The molecule has 0 N–H and O–H groups in total. The van der Waals surface area contributed by atoms with Gasteiger partial charge in [-0.05, 0) is 211 Å². The smallest absolute Gasteiger partial charge is 0.309 e. The lowest BCUT2D eigenvalue weighted by molar-refractivity contribution is -0.770. The van der Waals surface area contributed by atoms with E-state index in [0.29, 0.717) is 141 Å². The van der Waals surface area contributed by atoms with E-state index in [1.165, 1.54) is 0 Å². The average Bonchev–Trinajstić information content (AvgIpc) is 1.65. The lowest BCUT2D eigenvalue weighted by Crippen LogP contribution is -2.29. The van der Waals surface area contributed by atoms with Crippen LogP contribution in [0.15, 0.2) is 0 Å². The van der Waals surface area contributed by atoms with Crippen molar-refractivity contribution >= 4 is 46.6 Å². The highest BCUT2D eigenvalue weighted by Crippen LogP contribution is 2.42. The Morgan fingerprint density at radius 3 is 0.756 bits per heavy atom. The normalized spacial score (nSPS) is 30.5. The molecule has 8 aliphatic rings. The summed E-state index contributed by atoms with van der Waals surface area (Å²) >= 11 is 0. The van der Waals surface area contributed by atoms with Crippen LogP contribution in [0.2, 0.25) is 0 Å². The van der Waals surface area contributed by atoms with Gasteiger partial charge in [0, 0.05) is 106 Å². The summed E-state index contributed by atoms with van der Waals surface area (Å²) in [4.78, 5) is 125. The molecule has 0 bridgehead atoms. The van der Waals surface area contributed by atoms with Gasteiger partial charge in [0.1, 0.15) is 59.1 Å². The summed E-state index contributed by atoms with van der Waals surface area (Å²) < 4.78 is 60.2. The summed E-state index contributed by atoms with van der Waals surface area (Å²) in [5.74, 6) is 7.01. The van der Waals surface area contributed by atoms with Crippen LogP contribution in [0.1, 0.15) is 317 Å². The first-order valence-corrected chi connectivity index (χ1v) is 48.8. The molecular formula is C100H182N2O25. The van der Waals surface area contributed by atoms with E-state index in [4.69, 9.17) is 52.1 Å². The first-order chi connectivity index (χ1) is 59.2. The van der Waals surface area contributed by atoms with E-state index in [1.54, 1.807) is 21.3 Å². The fourth-order valence-corrected chi connectivity index (χ4v) is 18.6. The maximum Gasteiger partial charge on any atom is 0.309 e. The summed E-state index contributed by atoms with van der Waals surface area (Å²) in [6.07, 6.45) is 13.5. The SMILES string of the molecule is CC(C)C(C)OC(=O)[C@H]1C[C@H](O[N+](=O)[O-])[C@@H](C)C1.CC(C)O[C@@H]1C[C@H](C(=O)C(C)C)C[C@H]1C.CC(C)O[C@H]1C[C@@H](C(=O)C(C)C)C[C@@H]1C.CCOCCO[C@@H]1CC(C(=O)C(C)C)C[C@H]1O[N+](=O)[O-].CCOCCO[C@H]1C[C@@H](C(=O)C(C)C)C[C@@H]1C.CO[C@@H]1C[C@H](C(=O)C(C)C)C[C@H]1C.CO[C@H]1CC(C(=O)OC(C)C(C)C)C[C@@H]1C.CO[C@H]1C[C@@H](C(=O)C(C)C)C[C@@H]1C. The van der Waals surface area contributed by atoms with Crippen molar-refractivity contribution in [2.75, 3.05) is 61.0 Å². The molecule has 0 amide bonds. The second-order valence-corrected chi connectivity index (χ2v) is 41.0. The quantitative estimate of drug-likeness (QED) is 0.0239. The molecule has 0 spiro atoms. The van der Waals surface area contributed by atoms with Gasteiger partial charge in [-0.2, -0.15) is 0 Å². The van der Waals surface area contributed by atoms with Crippen LogP contribution < -0.4 is 0 Å². The number of rotatable bonds is 39. The van der Waals surface area contributed by atoms with E-state index in [1.807, 2.05) is 132 Å². The third-order valence-corrected chi connectivity index (χ3v) is 26.9. The number of ether oxygens (including phenoxy) is 11. The summed E-state index contributed by atoms with van der Waals surface area (Å²) in [6, 6.07) is 0. The summed E-state index contributed by atoms with van der Waals surface area (Å²) in [7, 11) is 5.19. The predicted octanol–water partition coefficient (Wildman–Crippen LogP) is 19.8. The minimum Gasteiger partial charge on any atom is -0.462 e. The molecule has 27 heteroatoms. The lowest BCUT2D eigenvalue weighted by Gasteiger charge is -2.19. The second-order valence-electron chi connectivity index (χ2n) is 41.0. The van der Waals surface area contributed by atoms with E-state index in [9.17, 15) is 58.6 Å². The number of ketones is 6. The molecule has 26 atom stereocenters. The molecule has 0 saturated heterocycles. The molecule has 8 aliphatic carbocycles. The highest BCUT2D eigenvalue weighted by molar-refractivity contribution is 5.85. The van der Waals surface area contributed by atoms with Crippen LogP contribution in [0.4, 0.5) is 0 Å². The van der Waals surface area contributed by atoms with Crippen LogP contribution in [0.25, 0.3) is 0 Å². The van der Waals surface area contributed by atoms with Gasteiger partial charge >= 0.3 is 11.9 Å². The maximum absolute atomic E-state index is 12.0. The Morgan fingerprint density at radius 1 is 0.283 bits per heavy atom. The zero-order chi connectivity index (χ0) is 97.3. The Balaban J connectivity index is 0.000000728. The van der Waals surface area contributed by atoms with Crippen molar-refractivity contribution in [3.8, 4) is 0 Å². The largest absolute Gasteiger partial charge is 0.462 e. The molecule has 4 unspecified atom stereocenters. The monoisotopic (exact) mass is 1810 g/mol. The van der Waals surface area contributed by atoms with Gasteiger partial charge in [-0.25, -0.2) is 0 Å². The molecule has 8 rings (SSSR count). The number of hydrogen-bond donors (Lipinski definition) is 0. The third-order valence-electron chi connectivity index (χ3n) is 26.9. The number of methoxy groups -OCH3 is 3. The fraction of sp³-hybridized carbons (Fsp3) is 0.920. The van der Waals surface area contributed by atoms with Crippen molar-refractivity contribution in [2.24, 2.45) is 136 Å². The molecule has 8 fully saturated rings. The van der Waals surface area contributed by atoms with Gasteiger partial charge in [-0.3, -0.25) is 38.4 Å². The average molecular weight is 1810 g/mol. The molecule has 0 aliphatic heterocycles. The Bertz CT molecular complexity index is 3070. The highest BCUT2D eigenvalue weighted by atomic mass is 17.0. The number of carbonyl (C=O) groups excluding carboxylic acids is 8. The Morgan fingerprint density at radius 2 is 0.496 bits per heavy atom. The van der Waals surface area contributed by atoms with Crippen molar-refractivity contribution in [3.63, 3.8) is 0 Å². The van der Waals surface area contributed by atoms with Gasteiger partial charge in [-0.1, -0.05) is 159 Å². The number of carbonyl (C=O) groups is 8. The Hall–Kier alpha value is -5.00. The second kappa shape index (κ2) is 61.7. The van der Waals surface area contributed by atoms with Gasteiger partial charge in [0.05, 0.1) is 93.2 Å². The summed E-state index contributed by atoms with van der Waals surface area (Å²) in [5, 5.41) is 19.2. The molecule has 0 radical (unpaired) electrons. The number of hydrogen-bond acceptors (Lipinski definition) is 25. The molecule has 0 heterocycles. The minimum atomic E-state index is -0.814. The highest BCUT2D eigenvalue weighted by Gasteiger charge is 2.45. The first-order valence-electron chi connectivity index (χ1n) is 48.8. The first kappa shape index (κ1) is 120. The summed E-state index contributed by atoms with van der Waals surface area (Å²) in [6.45, 7) is 65.8. The van der Waals surface area contributed by atoms with Crippen LogP contribution >= 0.6 is 0 Å². The number of nitrogens with zero attached hydrogens (tertiary/aromatic N) is 2. The van der Waals surface area contributed by atoms with Gasteiger partial charge in [0.25, 0.3) is 10.2 Å². The van der Waals surface area contributed by atoms with Crippen LogP contribution in [0, 0.1) is 156 Å². The third kappa shape index (κ3) is 44.2. The van der Waals surface area contributed by atoms with Gasteiger partial charge < -0.3 is 61.8 Å². The molecule has 0 aromatic heterocycles. The maximum atomic E-state index is 12.0. The van der Waals surface area contributed by atoms with E-state index in [-0.39, 0.29) is 161 Å². The van der Waals surface area contributed by atoms with Gasteiger partial charge in [0.2, 0.25) is 0 Å². The standard InChI is InChI=1S/C14H26O3.C13H23NO6.C13H24O3.2C13H24O2.C12H21NO5.2C11H20O2/c1-5-16-6-7-17-13-9-12(8-11(13)4)14(15)10(2)3;1-4-18-5-6-19-11-7-10(13(15)9(2)3)8-12(11)20-14(16)17;1-8(2)10(4)16-13(14)11-6-9(3)12(7-11)15-5;2*1-8(2)13(14)11-6-10(5)12(7-11)15-9(3)4;1-7(2)9(4)17-12(14)10-5-8(3)11(6-10)18-13(15)16;2*1-7(2)11(12)9-5-8(3)10(6-9)13-4/h10-13H,5-9H2,1-4H3;9-12H,4-8H2,1-3H3;8-12H,6-7H2,1-5H3;2*8-12H,6-7H2,1-5H3;7-11H,5-6H2,1-4H3;2*7-10H,5-6H2,1-4H3/t11-,12-,13-;10?,11-,12-;9-,10?,11?,12-;2*10-,11-,12-;8-,9?,10+,11-;2*8-,9-,10-/m01010010/s1. The van der Waals surface area contributed by atoms with Gasteiger partial charge in [0.15, 0.2) is 0 Å². The van der Waals surface area contributed by atoms with Crippen molar-refractivity contribution in [1.29, 1.82) is 0 Å². The Kier molecular flexibility index (Phi) is 58.3. The molecule has 127 heavy (non-hydrogen) atoms. The van der Waals surface area contributed by atoms with Crippen LogP contribution in [-0.4, -0.2) is 197 Å². The molecule has 0 aromatic carbocycles. The zero-order valence-electron chi connectivity index (χ0n) is 85.4. The van der Waals surface area contributed by atoms with Crippen LogP contribution in [0.3, 0.4) is 0 Å². The fourth-order valence-electron chi connectivity index (χ4n) is 18.6. The van der Waals surface area contributed by atoms with Crippen LogP contribution in [-0.2, 0) is 100 Å². The molecular weight excluding hydrogens is 1630 g/mol. The van der Waals surface area contributed by atoms with E-state index >= 15 is 0 Å². The summed E-state index contributed by atoms with van der Waals surface area (Å²) in [5.41, 5.74) is 0. The van der Waals surface area contributed by atoms with Crippen molar-refractivity contribution in [1.82, 2.24) is 0 Å². The predicted molar refractivity (Wildman–Crippen MR) is 494 cm³/mol. The molecule has 27 nitrogen and oxygen atoms in total. The number of Topliss-reactive ketones (excluding diaryl/α,β-unsaturated/α-hetero) is 6. The Labute approximate surface area is 767 Å².